The van der Waals surface area contributed by atoms with E-state index in [2.05, 4.69) is 27.6 Å². The Hall–Kier alpha value is -1.19. The van der Waals surface area contributed by atoms with Crippen LogP contribution in [0.2, 0.25) is 0 Å². The van der Waals surface area contributed by atoms with Gasteiger partial charge in [0.25, 0.3) is 0 Å². The van der Waals surface area contributed by atoms with Crippen molar-refractivity contribution in [1.29, 1.82) is 0 Å². The minimum Gasteiger partial charge on any atom is -0.381 e. The van der Waals surface area contributed by atoms with E-state index in [1.807, 2.05) is 18.2 Å². The first kappa shape index (κ1) is 19.1. The maximum Gasteiger partial charge on any atom is 0.246 e. The topological polar surface area (TPSA) is 90.1 Å². The van der Waals surface area contributed by atoms with Gasteiger partial charge in [0.15, 0.2) is 4.34 Å². The number of amides is 1. The van der Waals surface area contributed by atoms with E-state index in [1.54, 1.807) is 11.8 Å². The molecule has 2 aromatic rings. The van der Waals surface area contributed by atoms with E-state index in [0.717, 1.165) is 10.1 Å². The third-order valence-corrected chi connectivity index (χ3v) is 5.71. The standard InChI is InChI=1S/C15H18N4O2S2.ClH/c16-15(6-8-21-9-7-15)12(20)17-13-18-19-14(23-13)22-10-11-4-2-1-3-5-11;/h1-5H,6-10,16H2,(H,17,18,20);1H. The maximum atomic E-state index is 12.3. The summed E-state index contributed by atoms with van der Waals surface area (Å²) < 4.78 is 6.08. The van der Waals surface area contributed by atoms with Crippen LogP contribution in [0.3, 0.4) is 0 Å². The number of aromatic nitrogens is 2. The van der Waals surface area contributed by atoms with Gasteiger partial charge < -0.3 is 10.5 Å². The number of hydrogen-bond donors (Lipinski definition) is 2. The van der Waals surface area contributed by atoms with Crippen LogP contribution >= 0.6 is 35.5 Å². The first-order valence-electron chi connectivity index (χ1n) is 7.34. The highest BCUT2D eigenvalue weighted by Crippen LogP contribution is 2.29. The molecule has 3 N–H and O–H groups in total. The van der Waals surface area contributed by atoms with Gasteiger partial charge in [-0.3, -0.25) is 10.1 Å². The SMILES string of the molecule is Cl.NC1(C(=O)Nc2nnc(SCc3ccccc3)s2)CCOCC1. The van der Waals surface area contributed by atoms with Gasteiger partial charge in [-0.1, -0.05) is 53.4 Å². The molecule has 1 amide bonds. The molecule has 2 heterocycles. The van der Waals surface area contributed by atoms with Crippen molar-refractivity contribution in [3.63, 3.8) is 0 Å². The molecule has 1 aliphatic heterocycles. The number of carbonyl (C=O) groups is 1. The lowest BCUT2D eigenvalue weighted by molar-refractivity contribution is -0.124. The van der Waals surface area contributed by atoms with Gasteiger partial charge in [-0.15, -0.1) is 22.6 Å². The number of nitrogens with two attached hydrogens (primary N) is 1. The number of benzene rings is 1. The Bertz CT molecular complexity index is 663. The summed E-state index contributed by atoms with van der Waals surface area (Å²) in [4.78, 5) is 12.3. The fraction of sp³-hybridized carbons (Fsp3) is 0.400. The largest absolute Gasteiger partial charge is 0.381 e. The lowest BCUT2D eigenvalue weighted by Gasteiger charge is -2.31. The molecule has 0 aliphatic carbocycles. The molecule has 1 fully saturated rings. The van der Waals surface area contributed by atoms with Gasteiger partial charge in [0.2, 0.25) is 11.0 Å². The van der Waals surface area contributed by atoms with E-state index in [1.165, 1.54) is 16.9 Å². The van der Waals surface area contributed by atoms with Crippen molar-refractivity contribution in [2.45, 2.75) is 28.5 Å². The molecule has 1 aliphatic rings. The predicted octanol–water partition coefficient (Wildman–Crippen LogP) is 2.70. The van der Waals surface area contributed by atoms with E-state index >= 15 is 0 Å². The Morgan fingerprint density at radius 3 is 2.71 bits per heavy atom. The highest BCUT2D eigenvalue weighted by atomic mass is 35.5. The highest BCUT2D eigenvalue weighted by molar-refractivity contribution is 8.00. The molecule has 0 atom stereocenters. The van der Waals surface area contributed by atoms with Gasteiger partial charge in [0.05, 0.1) is 0 Å². The van der Waals surface area contributed by atoms with Crippen molar-refractivity contribution in [3.05, 3.63) is 35.9 Å². The molecule has 1 saturated heterocycles. The summed E-state index contributed by atoms with van der Waals surface area (Å²) in [6.07, 6.45) is 1.04. The van der Waals surface area contributed by atoms with E-state index < -0.39 is 5.54 Å². The Labute approximate surface area is 155 Å². The minimum atomic E-state index is -0.874. The van der Waals surface area contributed by atoms with Crippen LogP contribution in [0.4, 0.5) is 5.13 Å². The Morgan fingerprint density at radius 1 is 1.29 bits per heavy atom. The summed E-state index contributed by atoms with van der Waals surface area (Å²) in [6, 6.07) is 10.2. The Balaban J connectivity index is 0.00000208. The van der Waals surface area contributed by atoms with Gasteiger partial charge in [0.1, 0.15) is 5.54 Å². The van der Waals surface area contributed by atoms with Crippen molar-refractivity contribution in [2.75, 3.05) is 18.5 Å². The summed E-state index contributed by atoms with van der Waals surface area (Å²) in [7, 11) is 0. The number of halogens is 1. The Morgan fingerprint density at radius 2 is 2.00 bits per heavy atom. The number of nitrogens with one attached hydrogen (secondary N) is 1. The summed E-state index contributed by atoms with van der Waals surface area (Å²) >= 11 is 2.96. The molecule has 0 spiro atoms. The highest BCUT2D eigenvalue weighted by Gasteiger charge is 2.36. The van der Waals surface area contributed by atoms with Crippen molar-refractivity contribution in [1.82, 2.24) is 10.2 Å². The zero-order chi connectivity index (χ0) is 16.1. The summed E-state index contributed by atoms with van der Waals surface area (Å²) in [5.41, 5.74) is 6.50. The number of rotatable bonds is 5. The van der Waals surface area contributed by atoms with Gasteiger partial charge in [-0.25, -0.2) is 0 Å². The fourth-order valence-corrected chi connectivity index (χ4v) is 3.93. The second kappa shape index (κ2) is 8.77. The van der Waals surface area contributed by atoms with E-state index in [0.29, 0.717) is 31.2 Å². The van der Waals surface area contributed by atoms with Crippen LogP contribution in [-0.4, -0.2) is 34.9 Å². The molecule has 6 nitrogen and oxygen atoms in total. The van der Waals surface area contributed by atoms with E-state index in [4.69, 9.17) is 10.5 Å². The van der Waals surface area contributed by atoms with Crippen LogP contribution < -0.4 is 11.1 Å². The summed E-state index contributed by atoms with van der Waals surface area (Å²) in [5, 5.41) is 11.4. The number of carbonyl (C=O) groups excluding carboxylic acids is 1. The average Bonchev–Trinajstić information content (AvgIpc) is 3.02. The minimum absolute atomic E-state index is 0. The van der Waals surface area contributed by atoms with Crippen LogP contribution in [0, 0.1) is 0 Å². The quantitative estimate of drug-likeness (QED) is 0.606. The van der Waals surface area contributed by atoms with Crippen LogP contribution in [0.5, 0.6) is 0 Å². The second-order valence-corrected chi connectivity index (χ2v) is 7.57. The van der Waals surface area contributed by atoms with Crippen molar-refractivity contribution < 1.29 is 9.53 Å². The Kier molecular flexibility index (Phi) is 7.00. The predicted molar refractivity (Wildman–Crippen MR) is 98.8 cm³/mol. The lowest BCUT2D eigenvalue weighted by atomic mass is 9.90. The number of ether oxygens (including phenoxy) is 1. The normalized spacial score (nSPS) is 16.2. The molecule has 0 bridgehead atoms. The van der Waals surface area contributed by atoms with Gasteiger partial charge in [-0.2, -0.15) is 0 Å². The number of thioether (sulfide) groups is 1. The third-order valence-electron chi connectivity index (χ3n) is 3.67. The van der Waals surface area contributed by atoms with Gasteiger partial charge in [-0.05, 0) is 18.4 Å². The fourth-order valence-electron chi connectivity index (χ4n) is 2.22. The van der Waals surface area contributed by atoms with Gasteiger partial charge in [0, 0.05) is 19.0 Å². The molecule has 24 heavy (non-hydrogen) atoms. The first-order chi connectivity index (χ1) is 11.2. The summed E-state index contributed by atoms with van der Waals surface area (Å²) in [5.74, 6) is 0.609. The maximum absolute atomic E-state index is 12.3. The first-order valence-corrected chi connectivity index (χ1v) is 9.14. The molecule has 1 aromatic carbocycles. The molecule has 3 rings (SSSR count). The lowest BCUT2D eigenvalue weighted by Crippen LogP contribution is -2.54. The van der Waals surface area contributed by atoms with Gasteiger partial charge >= 0.3 is 0 Å². The average molecular weight is 387 g/mol. The molecule has 0 saturated carbocycles. The zero-order valence-electron chi connectivity index (χ0n) is 12.9. The molecular formula is C15H19ClN4O2S2. The van der Waals surface area contributed by atoms with Crippen molar-refractivity contribution in [3.8, 4) is 0 Å². The number of nitrogens with zero attached hydrogens (tertiary/aromatic N) is 2. The van der Waals surface area contributed by atoms with Crippen molar-refractivity contribution in [2.24, 2.45) is 5.73 Å². The molecule has 130 valence electrons. The molecular weight excluding hydrogens is 368 g/mol. The van der Waals surface area contributed by atoms with E-state index in [9.17, 15) is 4.79 Å². The van der Waals surface area contributed by atoms with Crippen LogP contribution in [0.25, 0.3) is 0 Å². The number of hydrogen-bond acceptors (Lipinski definition) is 7. The van der Waals surface area contributed by atoms with Crippen LogP contribution in [0.1, 0.15) is 18.4 Å². The van der Waals surface area contributed by atoms with Crippen LogP contribution in [-0.2, 0) is 15.3 Å². The smallest absolute Gasteiger partial charge is 0.246 e. The molecule has 0 radical (unpaired) electrons. The van der Waals surface area contributed by atoms with Crippen molar-refractivity contribution >= 4 is 46.5 Å². The zero-order valence-corrected chi connectivity index (χ0v) is 15.4. The number of anilines is 1. The monoisotopic (exact) mass is 386 g/mol. The van der Waals surface area contributed by atoms with Crippen LogP contribution in [0.15, 0.2) is 34.7 Å². The second-order valence-electron chi connectivity index (χ2n) is 5.37. The molecule has 1 aromatic heterocycles. The third kappa shape index (κ3) is 4.90. The van der Waals surface area contributed by atoms with E-state index in [-0.39, 0.29) is 18.3 Å². The summed E-state index contributed by atoms with van der Waals surface area (Å²) in [6.45, 7) is 1.02. The molecule has 9 heteroatoms. The molecule has 0 unspecified atom stereocenters.